The zero-order chi connectivity index (χ0) is 10.3. The molecule has 0 radical (unpaired) electrons. The number of benzene rings is 1. The molecule has 0 atom stereocenters. The van der Waals surface area contributed by atoms with E-state index in [9.17, 15) is 0 Å². The van der Waals surface area contributed by atoms with Crippen LogP contribution in [0.15, 0.2) is 34.1 Å². The van der Waals surface area contributed by atoms with Crippen LogP contribution in [0.2, 0.25) is 0 Å². The second-order valence-corrected chi connectivity index (χ2v) is 3.67. The number of hydrogen-bond acceptors (Lipinski definition) is 3. The fourth-order valence-electron chi connectivity index (χ4n) is 0.610. The molecule has 2 nitrogen and oxygen atoms in total. The van der Waals surface area contributed by atoms with E-state index in [4.69, 9.17) is 9.90 Å². The van der Waals surface area contributed by atoms with Crippen LogP contribution in [0.25, 0.3) is 0 Å². The van der Waals surface area contributed by atoms with Gasteiger partial charge >= 0.3 is 5.43 Å². The highest BCUT2D eigenvalue weighted by Crippen LogP contribution is 2.17. The first kappa shape index (κ1) is 12.7. The minimum Gasteiger partial charge on any atom is -0.469 e. The number of rotatable bonds is 1. The van der Waals surface area contributed by atoms with Crippen molar-refractivity contribution in [1.29, 1.82) is 0 Å². The minimum absolute atomic E-state index is 1.03. The third-order valence-electron chi connectivity index (χ3n) is 1.05. The summed E-state index contributed by atoms with van der Waals surface area (Å²) in [4.78, 5) is 11.1. The van der Waals surface area contributed by atoms with Crippen molar-refractivity contribution in [2.45, 2.75) is 9.79 Å². The smallest absolute Gasteiger partial charge is 0.401 e. The predicted octanol–water partition coefficient (Wildman–Crippen LogP) is 3.60. The number of thioether (sulfide) groups is 1. The van der Waals surface area contributed by atoms with Crippen LogP contribution < -0.4 is 0 Å². The fraction of sp³-hybridized carbons (Fsp3) is 0.125. The molecule has 0 fully saturated rings. The van der Waals surface area contributed by atoms with Crippen molar-refractivity contribution in [3.05, 3.63) is 24.3 Å². The van der Waals surface area contributed by atoms with Crippen molar-refractivity contribution in [1.82, 2.24) is 0 Å². The fourth-order valence-corrected chi connectivity index (χ4v) is 1.38. The lowest BCUT2D eigenvalue weighted by Gasteiger charge is -1.94. The summed E-state index contributed by atoms with van der Waals surface area (Å²) in [5.41, 5.74) is -1.36. The Morgan fingerprint density at radius 3 is 2.46 bits per heavy atom. The van der Waals surface area contributed by atoms with Gasteiger partial charge < -0.3 is 5.11 Å². The number of halogens is 1. The van der Waals surface area contributed by atoms with E-state index in [1.54, 1.807) is 11.8 Å². The Morgan fingerprint density at radius 1 is 1.62 bits per heavy atom. The SMILES string of the molecule is CSc1cccc(S)c1.O=C(O)Cl. The van der Waals surface area contributed by atoms with Gasteiger partial charge in [-0.2, -0.15) is 0 Å². The highest BCUT2D eigenvalue weighted by Gasteiger charge is 1.87. The minimum atomic E-state index is -1.36. The zero-order valence-electron chi connectivity index (χ0n) is 6.90. The molecule has 0 aliphatic carbocycles. The van der Waals surface area contributed by atoms with Crippen molar-refractivity contribution in [3.63, 3.8) is 0 Å². The standard InChI is InChI=1S/C7H8S2.CHClO2/c1-9-7-4-2-3-6(8)5-7;2-1(3)4/h2-5,8H,1H3;(H,3,4). The topological polar surface area (TPSA) is 37.3 Å². The van der Waals surface area contributed by atoms with Crippen molar-refractivity contribution in [2.24, 2.45) is 0 Å². The van der Waals surface area contributed by atoms with Crippen LogP contribution in [0, 0.1) is 0 Å². The Balaban J connectivity index is 0.000000310. The van der Waals surface area contributed by atoms with Gasteiger partial charge in [-0.3, -0.25) is 0 Å². The molecule has 72 valence electrons. The summed E-state index contributed by atoms with van der Waals surface area (Å²) >= 11 is 10.1. The lowest BCUT2D eigenvalue weighted by molar-refractivity contribution is 0.220. The van der Waals surface area contributed by atoms with Gasteiger partial charge in [0.15, 0.2) is 0 Å². The lowest BCUT2D eigenvalue weighted by atomic mass is 10.4. The summed E-state index contributed by atoms with van der Waals surface area (Å²) < 4.78 is 0. The normalized spacial score (nSPS) is 8.54. The van der Waals surface area contributed by atoms with E-state index in [1.807, 2.05) is 18.2 Å². The Kier molecular flexibility index (Phi) is 6.94. The summed E-state index contributed by atoms with van der Waals surface area (Å²) in [5.74, 6) is 0. The molecule has 1 aromatic carbocycles. The van der Waals surface area contributed by atoms with Crippen molar-refractivity contribution < 1.29 is 9.90 Å². The first-order valence-electron chi connectivity index (χ1n) is 3.27. The maximum absolute atomic E-state index is 8.77. The number of carboxylic acid groups (broad SMARTS) is 1. The van der Waals surface area contributed by atoms with Crippen LogP contribution in [-0.2, 0) is 0 Å². The Hall–Kier alpha value is -0.320. The summed E-state index contributed by atoms with van der Waals surface area (Å²) in [6, 6.07) is 8.11. The molecule has 1 N–H and O–H groups in total. The molecule has 0 aromatic heterocycles. The van der Waals surface area contributed by atoms with Crippen molar-refractivity contribution in [2.75, 3.05) is 6.26 Å². The van der Waals surface area contributed by atoms with E-state index in [0.29, 0.717) is 0 Å². The van der Waals surface area contributed by atoms with E-state index in [0.717, 1.165) is 4.90 Å². The Morgan fingerprint density at radius 2 is 2.15 bits per heavy atom. The average molecular weight is 237 g/mol. The van der Waals surface area contributed by atoms with Crippen LogP contribution in [0.3, 0.4) is 0 Å². The maximum atomic E-state index is 8.77. The molecular formula is C8H9ClO2S2. The van der Waals surface area contributed by atoms with Gasteiger partial charge in [0, 0.05) is 21.4 Å². The van der Waals surface area contributed by atoms with Crippen LogP contribution in [-0.4, -0.2) is 16.8 Å². The summed E-state index contributed by atoms with van der Waals surface area (Å²) in [6.45, 7) is 0. The number of carbonyl (C=O) groups is 1. The van der Waals surface area contributed by atoms with Crippen molar-refractivity contribution >= 4 is 41.4 Å². The van der Waals surface area contributed by atoms with Crippen molar-refractivity contribution in [3.8, 4) is 0 Å². The molecule has 5 heteroatoms. The second kappa shape index (κ2) is 7.12. The molecule has 0 spiro atoms. The lowest BCUT2D eigenvalue weighted by Crippen LogP contribution is -1.67. The van der Waals surface area contributed by atoms with Gasteiger partial charge in [0.2, 0.25) is 0 Å². The molecule has 0 unspecified atom stereocenters. The molecule has 0 heterocycles. The van der Waals surface area contributed by atoms with Gasteiger partial charge in [-0.15, -0.1) is 24.4 Å². The largest absolute Gasteiger partial charge is 0.469 e. The third-order valence-corrected chi connectivity index (χ3v) is 2.06. The number of thiol groups is 1. The molecule has 0 bridgehead atoms. The molecule has 0 saturated heterocycles. The highest BCUT2D eigenvalue weighted by molar-refractivity contribution is 7.98. The number of hydrogen-bond donors (Lipinski definition) is 2. The van der Waals surface area contributed by atoms with E-state index in [1.165, 1.54) is 4.90 Å². The van der Waals surface area contributed by atoms with Gasteiger partial charge in [0.25, 0.3) is 0 Å². The molecule has 0 amide bonds. The maximum Gasteiger partial charge on any atom is 0.401 e. The molecular weight excluding hydrogens is 228 g/mol. The predicted molar refractivity (Wildman–Crippen MR) is 59.4 cm³/mol. The zero-order valence-corrected chi connectivity index (χ0v) is 9.37. The van der Waals surface area contributed by atoms with Gasteiger partial charge in [0.05, 0.1) is 0 Å². The van der Waals surface area contributed by atoms with Crippen LogP contribution >= 0.6 is 36.0 Å². The summed E-state index contributed by atoms with van der Waals surface area (Å²) in [6.07, 6.45) is 2.06. The quantitative estimate of drug-likeness (QED) is 0.445. The first-order valence-corrected chi connectivity index (χ1v) is 5.32. The molecule has 1 aromatic rings. The average Bonchev–Trinajstić information content (AvgIpc) is 2.03. The highest BCUT2D eigenvalue weighted by atomic mass is 35.5. The molecule has 13 heavy (non-hydrogen) atoms. The van der Waals surface area contributed by atoms with Crippen LogP contribution in [0.5, 0.6) is 0 Å². The van der Waals surface area contributed by atoms with E-state index in [-0.39, 0.29) is 0 Å². The molecule has 1 rings (SSSR count). The Labute approximate surface area is 91.7 Å². The third kappa shape index (κ3) is 8.02. The molecule has 0 saturated carbocycles. The van der Waals surface area contributed by atoms with Gasteiger partial charge in [-0.05, 0) is 24.5 Å². The Bertz CT molecular complexity index is 275. The molecule has 0 aliphatic heterocycles. The summed E-state index contributed by atoms with van der Waals surface area (Å²) in [5, 5.41) is 7.18. The monoisotopic (exact) mass is 236 g/mol. The van der Waals surface area contributed by atoms with Gasteiger partial charge in [-0.25, -0.2) is 4.79 Å². The van der Waals surface area contributed by atoms with E-state index in [2.05, 4.69) is 36.6 Å². The van der Waals surface area contributed by atoms with E-state index < -0.39 is 5.43 Å². The molecule has 0 aliphatic rings. The van der Waals surface area contributed by atoms with Crippen LogP contribution in [0.1, 0.15) is 0 Å². The van der Waals surface area contributed by atoms with E-state index >= 15 is 0 Å². The van der Waals surface area contributed by atoms with Gasteiger partial charge in [-0.1, -0.05) is 6.07 Å². The second-order valence-electron chi connectivity index (χ2n) is 1.95. The first-order chi connectivity index (χ1) is 6.06. The van der Waals surface area contributed by atoms with Gasteiger partial charge in [0.1, 0.15) is 0 Å². The summed E-state index contributed by atoms with van der Waals surface area (Å²) in [7, 11) is 0. The van der Waals surface area contributed by atoms with Crippen LogP contribution in [0.4, 0.5) is 4.79 Å².